The Bertz CT molecular complexity index is 1340. The molecule has 0 fully saturated rings. The highest BCUT2D eigenvalue weighted by Crippen LogP contribution is 2.30. The van der Waals surface area contributed by atoms with Crippen LogP contribution in [0.3, 0.4) is 0 Å². The molecule has 1 aromatic heterocycles. The van der Waals surface area contributed by atoms with Gasteiger partial charge in [0, 0.05) is 40.0 Å². The van der Waals surface area contributed by atoms with Crippen LogP contribution < -0.4 is 11.1 Å². The molecule has 0 saturated heterocycles. The van der Waals surface area contributed by atoms with E-state index < -0.39 is 29.6 Å². The highest BCUT2D eigenvalue weighted by atomic mass is 16.6. The third-order valence-corrected chi connectivity index (χ3v) is 5.14. The Hall–Kier alpha value is -4.36. The number of alkyl carbamates (subject to hydrolysis) is 1. The van der Waals surface area contributed by atoms with E-state index in [0.717, 1.165) is 22.0 Å². The molecule has 4 N–H and O–H groups in total. The number of fused-ring (bicyclic) bond motifs is 1. The lowest BCUT2D eigenvalue weighted by Crippen LogP contribution is -2.42. The van der Waals surface area contributed by atoms with Crippen LogP contribution in [0.25, 0.3) is 10.9 Å². The zero-order valence-electron chi connectivity index (χ0n) is 20.5. The van der Waals surface area contributed by atoms with Crippen molar-refractivity contribution >= 4 is 28.7 Å². The quantitative estimate of drug-likeness (QED) is 0.298. The molecule has 2 atom stereocenters. The maximum Gasteiger partial charge on any atom is 0.407 e. The second kappa shape index (κ2) is 10.7. The van der Waals surface area contributed by atoms with Crippen molar-refractivity contribution in [3.8, 4) is 23.7 Å². The van der Waals surface area contributed by atoms with Gasteiger partial charge in [-0.25, -0.2) is 4.79 Å². The zero-order valence-corrected chi connectivity index (χ0v) is 20.5. The largest absolute Gasteiger partial charge is 0.468 e. The van der Waals surface area contributed by atoms with Gasteiger partial charge >= 0.3 is 12.1 Å². The van der Waals surface area contributed by atoms with E-state index in [1.807, 2.05) is 30.3 Å². The molecule has 180 valence electrons. The van der Waals surface area contributed by atoms with Gasteiger partial charge in [-0.15, -0.1) is 0 Å². The van der Waals surface area contributed by atoms with Gasteiger partial charge in [0.1, 0.15) is 11.5 Å². The number of aromatic nitrogens is 1. The van der Waals surface area contributed by atoms with Crippen LogP contribution in [-0.2, 0) is 14.3 Å². The number of carbonyl (C=O) groups is 2. The first-order valence-electron chi connectivity index (χ1n) is 11.1. The van der Waals surface area contributed by atoms with Crippen molar-refractivity contribution in [3.63, 3.8) is 0 Å². The van der Waals surface area contributed by atoms with Gasteiger partial charge in [0.2, 0.25) is 0 Å². The molecule has 0 aliphatic carbocycles. The highest BCUT2D eigenvalue weighted by Gasteiger charge is 2.32. The van der Waals surface area contributed by atoms with Gasteiger partial charge in [-0.05, 0) is 81.5 Å². The molecule has 2 unspecified atom stereocenters. The average Bonchev–Trinajstić information content (AvgIpc) is 3.19. The average molecular weight is 472 g/mol. The third kappa shape index (κ3) is 6.82. The van der Waals surface area contributed by atoms with Crippen LogP contribution in [0.5, 0.6) is 0 Å². The van der Waals surface area contributed by atoms with Crippen molar-refractivity contribution in [1.82, 2.24) is 10.3 Å². The summed E-state index contributed by atoms with van der Waals surface area (Å²) in [4.78, 5) is 28.1. The number of esters is 1. The number of hydrogen-bond acceptors (Lipinski definition) is 5. The Morgan fingerprint density at radius 1 is 1.03 bits per heavy atom. The minimum absolute atomic E-state index is 0.462. The number of nitrogen functional groups attached to an aromatic ring is 1. The van der Waals surface area contributed by atoms with Gasteiger partial charge in [0.05, 0.1) is 7.11 Å². The lowest BCUT2D eigenvalue weighted by atomic mass is 9.92. The number of amides is 1. The van der Waals surface area contributed by atoms with Gasteiger partial charge < -0.3 is 25.5 Å². The summed E-state index contributed by atoms with van der Waals surface area (Å²) in [5.41, 5.74) is 8.83. The predicted octanol–water partition coefficient (Wildman–Crippen LogP) is 4.32. The number of H-pyrrole nitrogens is 1. The number of benzene rings is 2. The second-order valence-electron chi connectivity index (χ2n) is 9.06. The fourth-order valence-electron chi connectivity index (χ4n) is 3.56. The van der Waals surface area contributed by atoms with Crippen molar-refractivity contribution in [3.05, 3.63) is 65.4 Å². The summed E-state index contributed by atoms with van der Waals surface area (Å²) in [7, 11) is 1.32. The number of carbonyl (C=O) groups excluding carboxylic acids is 2. The number of nitrogens with two attached hydrogens (primary N) is 1. The van der Waals surface area contributed by atoms with E-state index in [0.29, 0.717) is 11.3 Å². The molecule has 35 heavy (non-hydrogen) atoms. The van der Waals surface area contributed by atoms with Crippen LogP contribution >= 0.6 is 0 Å². The first-order valence-corrected chi connectivity index (χ1v) is 11.1. The fraction of sp³-hybridized carbons (Fsp3) is 0.286. The summed E-state index contributed by atoms with van der Waals surface area (Å²) in [6.07, 6.45) is 1.15. The summed E-state index contributed by atoms with van der Waals surface area (Å²) < 4.78 is 10.4. The van der Waals surface area contributed by atoms with E-state index in [1.165, 1.54) is 7.11 Å². The maximum absolute atomic E-state index is 12.7. The predicted molar refractivity (Wildman–Crippen MR) is 136 cm³/mol. The molecule has 2 aromatic carbocycles. The van der Waals surface area contributed by atoms with E-state index in [4.69, 9.17) is 15.2 Å². The number of anilines is 1. The zero-order chi connectivity index (χ0) is 25.6. The molecule has 1 heterocycles. The van der Waals surface area contributed by atoms with Gasteiger partial charge in [-0.1, -0.05) is 17.9 Å². The van der Waals surface area contributed by atoms with Crippen molar-refractivity contribution in [1.29, 1.82) is 0 Å². The molecule has 7 heteroatoms. The normalized spacial score (nSPS) is 12.4. The van der Waals surface area contributed by atoms with Crippen molar-refractivity contribution in [2.24, 2.45) is 0 Å². The van der Waals surface area contributed by atoms with Gasteiger partial charge in [0.25, 0.3) is 0 Å². The highest BCUT2D eigenvalue weighted by molar-refractivity contribution is 5.91. The molecule has 0 radical (unpaired) electrons. The van der Waals surface area contributed by atoms with E-state index in [2.05, 4.69) is 34.0 Å². The number of methoxy groups -OCH3 is 1. The van der Waals surface area contributed by atoms with Crippen LogP contribution in [0, 0.1) is 23.7 Å². The molecule has 0 saturated carbocycles. The number of rotatable bonds is 4. The SMILES string of the molecule is COC(=O)C(c1c[nH]c2cc(C#CC#Cc3ccc(N)cc3)ccc12)C(C)NC(=O)OC(C)(C)C. The molecule has 3 rings (SSSR count). The topological polar surface area (TPSA) is 106 Å². The van der Waals surface area contributed by atoms with Crippen molar-refractivity contribution < 1.29 is 19.1 Å². The Kier molecular flexibility index (Phi) is 7.73. The summed E-state index contributed by atoms with van der Waals surface area (Å²) in [5.74, 6) is 10.5. The number of aromatic amines is 1. The van der Waals surface area contributed by atoms with E-state index in [-0.39, 0.29) is 0 Å². The maximum atomic E-state index is 12.7. The standard InChI is InChI=1S/C28H29N3O4/c1-18(31-27(33)35-28(2,3)4)25(26(32)34-5)23-17-30-24-16-20(12-15-22(23)24)9-7-6-8-19-10-13-21(29)14-11-19/h10-18,25,30H,29H2,1-5H3,(H,31,33). The van der Waals surface area contributed by atoms with E-state index >= 15 is 0 Å². The monoisotopic (exact) mass is 471 g/mol. The van der Waals surface area contributed by atoms with Crippen LogP contribution in [0.15, 0.2) is 48.7 Å². The van der Waals surface area contributed by atoms with Crippen LogP contribution in [-0.4, -0.2) is 35.8 Å². The molecular weight excluding hydrogens is 442 g/mol. The summed E-state index contributed by atoms with van der Waals surface area (Å²) in [5, 5.41) is 3.58. The van der Waals surface area contributed by atoms with Crippen LogP contribution in [0.4, 0.5) is 10.5 Å². The van der Waals surface area contributed by atoms with Gasteiger partial charge in [-0.3, -0.25) is 4.79 Å². The molecule has 3 aromatic rings. The van der Waals surface area contributed by atoms with Crippen molar-refractivity contribution in [2.75, 3.05) is 12.8 Å². The third-order valence-electron chi connectivity index (χ3n) is 5.14. The Labute approximate surface area is 205 Å². The van der Waals surface area contributed by atoms with Gasteiger partial charge in [0.15, 0.2) is 0 Å². The number of hydrogen-bond donors (Lipinski definition) is 3. The molecule has 1 amide bonds. The minimum Gasteiger partial charge on any atom is -0.468 e. The second-order valence-corrected chi connectivity index (χ2v) is 9.06. The minimum atomic E-state index is -0.732. The first kappa shape index (κ1) is 25.3. The fourth-order valence-corrected chi connectivity index (χ4v) is 3.56. The number of ether oxygens (including phenoxy) is 2. The lowest BCUT2D eigenvalue weighted by molar-refractivity contribution is -0.143. The Balaban J connectivity index is 1.83. The van der Waals surface area contributed by atoms with Crippen LogP contribution in [0.1, 0.15) is 50.3 Å². The van der Waals surface area contributed by atoms with E-state index in [1.54, 1.807) is 46.0 Å². The molecule has 0 aliphatic rings. The first-order chi connectivity index (χ1) is 16.6. The molecule has 0 spiro atoms. The molecule has 0 aliphatic heterocycles. The number of nitrogens with one attached hydrogen (secondary N) is 2. The summed E-state index contributed by atoms with van der Waals surface area (Å²) >= 11 is 0. The Morgan fingerprint density at radius 2 is 1.66 bits per heavy atom. The summed E-state index contributed by atoms with van der Waals surface area (Å²) in [6.45, 7) is 7.07. The van der Waals surface area contributed by atoms with Crippen LogP contribution in [0.2, 0.25) is 0 Å². The molecule has 0 bridgehead atoms. The smallest absolute Gasteiger partial charge is 0.407 e. The summed E-state index contributed by atoms with van der Waals surface area (Å²) in [6, 6.07) is 12.3. The van der Waals surface area contributed by atoms with Crippen molar-refractivity contribution in [2.45, 2.75) is 45.3 Å². The van der Waals surface area contributed by atoms with Gasteiger partial charge in [-0.2, -0.15) is 0 Å². The lowest BCUT2D eigenvalue weighted by Gasteiger charge is -2.25. The molecule has 7 nitrogen and oxygen atoms in total. The Morgan fingerprint density at radius 3 is 2.29 bits per heavy atom. The molecular formula is C28H29N3O4. The van der Waals surface area contributed by atoms with E-state index in [9.17, 15) is 9.59 Å².